The van der Waals surface area contributed by atoms with E-state index >= 15 is 0 Å². The van der Waals surface area contributed by atoms with Gasteiger partial charge in [0.05, 0.1) is 12.5 Å². The van der Waals surface area contributed by atoms with Gasteiger partial charge in [0.1, 0.15) is 0 Å². The molecule has 2 rings (SSSR count). The first kappa shape index (κ1) is 12.4. The van der Waals surface area contributed by atoms with E-state index in [1.807, 2.05) is 17.9 Å². The van der Waals surface area contributed by atoms with Gasteiger partial charge in [-0.25, -0.2) is 0 Å². The topological polar surface area (TPSA) is 70.1 Å². The summed E-state index contributed by atoms with van der Waals surface area (Å²) in [7, 11) is 0. The molecule has 1 saturated carbocycles. The molecule has 1 aliphatic rings. The van der Waals surface area contributed by atoms with Gasteiger partial charge in [-0.3, -0.25) is 4.79 Å². The molecule has 4 heteroatoms. The number of benzene rings is 1. The van der Waals surface area contributed by atoms with Crippen LogP contribution >= 0.6 is 0 Å². The van der Waals surface area contributed by atoms with E-state index in [1.54, 1.807) is 12.1 Å². The average molecular weight is 243 g/mol. The van der Waals surface area contributed by atoms with Crippen molar-refractivity contribution in [2.24, 2.45) is 0 Å². The van der Waals surface area contributed by atoms with Gasteiger partial charge in [-0.15, -0.1) is 0 Å². The Balaban J connectivity index is 2.22. The number of carbonyl (C=O) groups excluding carboxylic acids is 1. The SMILES string of the molecule is Cc1ccc(N)cc1C(=O)N(CCC#N)C1CC1. The molecule has 18 heavy (non-hydrogen) atoms. The monoisotopic (exact) mass is 243 g/mol. The van der Waals surface area contributed by atoms with Crippen LogP contribution < -0.4 is 5.73 Å². The second kappa shape index (κ2) is 5.09. The number of anilines is 1. The van der Waals surface area contributed by atoms with Gasteiger partial charge in [-0.2, -0.15) is 5.26 Å². The smallest absolute Gasteiger partial charge is 0.254 e. The summed E-state index contributed by atoms with van der Waals surface area (Å²) in [5, 5.41) is 8.66. The van der Waals surface area contributed by atoms with E-state index in [-0.39, 0.29) is 5.91 Å². The highest BCUT2D eigenvalue weighted by molar-refractivity contribution is 5.96. The van der Waals surface area contributed by atoms with Crippen LogP contribution in [0.4, 0.5) is 5.69 Å². The lowest BCUT2D eigenvalue weighted by Gasteiger charge is -2.22. The van der Waals surface area contributed by atoms with E-state index in [1.165, 1.54) is 0 Å². The Bertz CT molecular complexity index is 500. The number of hydrogen-bond donors (Lipinski definition) is 1. The lowest BCUT2D eigenvalue weighted by molar-refractivity contribution is 0.0746. The third-order valence-corrected chi connectivity index (χ3v) is 3.21. The molecule has 1 aliphatic carbocycles. The number of nitriles is 1. The minimum absolute atomic E-state index is 0.00227. The fourth-order valence-corrected chi connectivity index (χ4v) is 2.03. The average Bonchev–Trinajstić information content (AvgIpc) is 3.17. The van der Waals surface area contributed by atoms with Crippen LogP contribution in [0.25, 0.3) is 0 Å². The zero-order valence-electron chi connectivity index (χ0n) is 10.5. The number of rotatable bonds is 4. The molecule has 4 nitrogen and oxygen atoms in total. The molecule has 0 heterocycles. The van der Waals surface area contributed by atoms with Crippen LogP contribution in [0.15, 0.2) is 18.2 Å². The Labute approximate surface area is 107 Å². The molecule has 94 valence electrons. The molecule has 1 fully saturated rings. The summed E-state index contributed by atoms with van der Waals surface area (Å²) in [6.07, 6.45) is 2.46. The maximum Gasteiger partial charge on any atom is 0.254 e. The summed E-state index contributed by atoms with van der Waals surface area (Å²) < 4.78 is 0. The molecule has 1 aromatic carbocycles. The Morgan fingerprint density at radius 2 is 2.28 bits per heavy atom. The van der Waals surface area contributed by atoms with Crippen molar-refractivity contribution in [2.75, 3.05) is 12.3 Å². The lowest BCUT2D eigenvalue weighted by Crippen LogP contribution is -2.34. The number of hydrogen-bond acceptors (Lipinski definition) is 3. The lowest BCUT2D eigenvalue weighted by atomic mass is 10.1. The molecular weight excluding hydrogens is 226 g/mol. The molecule has 2 N–H and O–H groups in total. The predicted molar refractivity (Wildman–Crippen MR) is 69.9 cm³/mol. The number of aryl methyl sites for hydroxylation is 1. The molecule has 0 spiro atoms. The Hall–Kier alpha value is -2.02. The van der Waals surface area contributed by atoms with E-state index < -0.39 is 0 Å². The van der Waals surface area contributed by atoms with E-state index in [9.17, 15) is 4.79 Å². The first-order valence-corrected chi connectivity index (χ1v) is 6.17. The van der Waals surface area contributed by atoms with Gasteiger partial charge in [-0.05, 0) is 37.5 Å². The van der Waals surface area contributed by atoms with Crippen LogP contribution in [-0.4, -0.2) is 23.4 Å². The standard InChI is InChI=1S/C14H17N3O/c1-10-3-4-11(16)9-13(10)14(18)17(8-2-7-15)12-5-6-12/h3-4,9,12H,2,5-6,8,16H2,1H3. The van der Waals surface area contributed by atoms with Gasteiger partial charge in [0.25, 0.3) is 5.91 Å². The molecule has 0 atom stereocenters. The number of nitrogens with zero attached hydrogens (tertiary/aromatic N) is 2. The van der Waals surface area contributed by atoms with Crippen molar-refractivity contribution in [3.8, 4) is 6.07 Å². The number of nitrogen functional groups attached to an aromatic ring is 1. The largest absolute Gasteiger partial charge is 0.399 e. The highest BCUT2D eigenvalue weighted by Gasteiger charge is 2.33. The maximum atomic E-state index is 12.5. The van der Waals surface area contributed by atoms with Crippen LogP contribution in [0.1, 0.15) is 35.2 Å². The van der Waals surface area contributed by atoms with Crippen molar-refractivity contribution in [3.05, 3.63) is 29.3 Å². The van der Waals surface area contributed by atoms with Crippen molar-refractivity contribution < 1.29 is 4.79 Å². The van der Waals surface area contributed by atoms with E-state index in [2.05, 4.69) is 6.07 Å². The molecule has 0 saturated heterocycles. The third-order valence-electron chi connectivity index (χ3n) is 3.21. The number of nitrogens with two attached hydrogens (primary N) is 1. The summed E-state index contributed by atoms with van der Waals surface area (Å²) in [6, 6.07) is 7.78. The predicted octanol–water partition coefficient (Wildman–Crippen LogP) is 2.10. The summed E-state index contributed by atoms with van der Waals surface area (Å²) in [6.45, 7) is 2.41. The molecule has 0 radical (unpaired) electrons. The van der Waals surface area contributed by atoms with Crippen molar-refractivity contribution in [2.45, 2.75) is 32.2 Å². The van der Waals surface area contributed by atoms with Crippen molar-refractivity contribution in [1.29, 1.82) is 5.26 Å². The van der Waals surface area contributed by atoms with Crippen LogP contribution in [0.2, 0.25) is 0 Å². The van der Waals surface area contributed by atoms with Crippen molar-refractivity contribution >= 4 is 11.6 Å². The molecule has 0 aliphatic heterocycles. The molecular formula is C14H17N3O. The van der Waals surface area contributed by atoms with E-state index in [0.717, 1.165) is 18.4 Å². The molecule has 0 unspecified atom stereocenters. The zero-order valence-corrected chi connectivity index (χ0v) is 10.5. The molecule has 1 aromatic rings. The maximum absolute atomic E-state index is 12.5. The summed E-state index contributed by atoms with van der Waals surface area (Å²) in [5.74, 6) is -0.00227. The quantitative estimate of drug-likeness (QED) is 0.823. The van der Waals surface area contributed by atoms with Gasteiger partial charge in [0.2, 0.25) is 0 Å². The van der Waals surface area contributed by atoms with Crippen LogP contribution in [0.5, 0.6) is 0 Å². The Morgan fingerprint density at radius 3 is 2.89 bits per heavy atom. The Morgan fingerprint density at radius 1 is 1.56 bits per heavy atom. The minimum atomic E-state index is -0.00227. The van der Waals surface area contributed by atoms with Gasteiger partial charge in [0, 0.05) is 23.8 Å². The van der Waals surface area contributed by atoms with Gasteiger partial charge < -0.3 is 10.6 Å². The highest BCUT2D eigenvalue weighted by atomic mass is 16.2. The van der Waals surface area contributed by atoms with E-state index in [0.29, 0.717) is 30.3 Å². The van der Waals surface area contributed by atoms with E-state index in [4.69, 9.17) is 11.0 Å². The third kappa shape index (κ3) is 2.62. The zero-order chi connectivity index (χ0) is 13.1. The van der Waals surface area contributed by atoms with Crippen LogP contribution in [0, 0.1) is 18.3 Å². The second-order valence-electron chi connectivity index (χ2n) is 4.71. The fourth-order valence-electron chi connectivity index (χ4n) is 2.03. The van der Waals surface area contributed by atoms with Gasteiger partial charge in [0.15, 0.2) is 0 Å². The Kier molecular flexibility index (Phi) is 3.52. The summed E-state index contributed by atoms with van der Waals surface area (Å²) in [5.41, 5.74) is 7.91. The van der Waals surface area contributed by atoms with Crippen molar-refractivity contribution in [1.82, 2.24) is 4.90 Å². The molecule has 0 aromatic heterocycles. The normalized spacial score (nSPS) is 14.0. The summed E-state index contributed by atoms with van der Waals surface area (Å²) >= 11 is 0. The first-order chi connectivity index (χ1) is 8.63. The number of carbonyl (C=O) groups is 1. The first-order valence-electron chi connectivity index (χ1n) is 6.17. The molecule has 0 bridgehead atoms. The summed E-state index contributed by atoms with van der Waals surface area (Å²) in [4.78, 5) is 14.3. The molecule has 1 amide bonds. The van der Waals surface area contributed by atoms with Crippen LogP contribution in [0.3, 0.4) is 0 Å². The highest BCUT2D eigenvalue weighted by Crippen LogP contribution is 2.29. The minimum Gasteiger partial charge on any atom is -0.399 e. The second-order valence-corrected chi connectivity index (χ2v) is 4.71. The van der Waals surface area contributed by atoms with Gasteiger partial charge >= 0.3 is 0 Å². The van der Waals surface area contributed by atoms with Crippen LogP contribution in [-0.2, 0) is 0 Å². The van der Waals surface area contributed by atoms with Crippen molar-refractivity contribution in [3.63, 3.8) is 0 Å². The number of amides is 1. The fraction of sp³-hybridized carbons (Fsp3) is 0.429. The van der Waals surface area contributed by atoms with Gasteiger partial charge in [-0.1, -0.05) is 6.07 Å².